The van der Waals surface area contributed by atoms with Crippen LogP contribution >= 0.6 is 11.6 Å². The summed E-state index contributed by atoms with van der Waals surface area (Å²) in [5, 5.41) is 15.1. The highest BCUT2D eigenvalue weighted by molar-refractivity contribution is 6.31. The molecule has 0 aliphatic heterocycles. The van der Waals surface area contributed by atoms with Crippen LogP contribution in [0.4, 0.5) is 0 Å². The quantitative estimate of drug-likeness (QED) is 0.922. The van der Waals surface area contributed by atoms with E-state index >= 15 is 0 Å². The lowest BCUT2D eigenvalue weighted by Gasteiger charge is -2.11. The lowest BCUT2D eigenvalue weighted by Crippen LogP contribution is -2.03. The average molecular weight is 265 g/mol. The predicted molar refractivity (Wildman–Crippen MR) is 72.7 cm³/mol. The van der Waals surface area contributed by atoms with Gasteiger partial charge in [-0.25, -0.2) is 0 Å². The molecule has 0 radical (unpaired) electrons. The second kappa shape index (κ2) is 5.55. The van der Waals surface area contributed by atoms with Crippen molar-refractivity contribution in [3.63, 3.8) is 0 Å². The Hall–Kier alpha value is -1.32. The topological polar surface area (TPSA) is 38.0 Å². The molecule has 0 amide bonds. The summed E-state index contributed by atoms with van der Waals surface area (Å²) >= 11 is 6.18. The van der Waals surface area contributed by atoms with Gasteiger partial charge < -0.3 is 5.11 Å². The molecule has 0 saturated heterocycles. The van der Waals surface area contributed by atoms with E-state index in [-0.39, 0.29) is 0 Å². The molecule has 1 unspecified atom stereocenters. The number of hydrogen-bond acceptors (Lipinski definition) is 2. The summed E-state index contributed by atoms with van der Waals surface area (Å²) in [7, 11) is 1.88. The SMILES string of the molecule is Cc1nn(C)c(CCC(O)c2ccccc2)c1Cl. The molecule has 1 atom stereocenters. The van der Waals surface area contributed by atoms with Crippen LogP contribution in [-0.4, -0.2) is 14.9 Å². The van der Waals surface area contributed by atoms with Crippen LogP contribution in [0, 0.1) is 6.92 Å². The number of benzene rings is 1. The average Bonchev–Trinajstić information content (AvgIpc) is 2.62. The second-order valence-corrected chi connectivity index (χ2v) is 4.81. The summed E-state index contributed by atoms with van der Waals surface area (Å²) in [6.07, 6.45) is 0.895. The summed E-state index contributed by atoms with van der Waals surface area (Å²) < 4.78 is 1.79. The third kappa shape index (κ3) is 2.74. The van der Waals surface area contributed by atoms with Gasteiger partial charge in [0.05, 0.1) is 22.5 Å². The van der Waals surface area contributed by atoms with Crippen molar-refractivity contribution in [3.8, 4) is 0 Å². The fourth-order valence-corrected chi connectivity index (χ4v) is 2.32. The number of halogens is 1. The summed E-state index contributed by atoms with van der Waals surface area (Å²) in [6, 6.07) is 9.67. The molecule has 96 valence electrons. The monoisotopic (exact) mass is 264 g/mol. The Bertz CT molecular complexity index is 522. The maximum absolute atomic E-state index is 10.1. The maximum atomic E-state index is 10.1. The zero-order chi connectivity index (χ0) is 13.1. The van der Waals surface area contributed by atoms with E-state index in [2.05, 4.69) is 5.10 Å². The molecule has 2 rings (SSSR count). The third-order valence-electron chi connectivity index (χ3n) is 3.10. The number of aliphatic hydroxyl groups is 1. The van der Waals surface area contributed by atoms with Crippen LogP contribution < -0.4 is 0 Å². The lowest BCUT2D eigenvalue weighted by atomic mass is 10.0. The molecule has 4 heteroatoms. The van der Waals surface area contributed by atoms with Gasteiger partial charge in [0.1, 0.15) is 0 Å². The van der Waals surface area contributed by atoms with Crippen molar-refractivity contribution in [2.45, 2.75) is 25.9 Å². The van der Waals surface area contributed by atoms with Crippen LogP contribution in [0.2, 0.25) is 5.02 Å². The van der Waals surface area contributed by atoms with Gasteiger partial charge in [-0.2, -0.15) is 5.10 Å². The summed E-state index contributed by atoms with van der Waals surface area (Å²) in [4.78, 5) is 0. The van der Waals surface area contributed by atoms with Crippen LogP contribution in [0.25, 0.3) is 0 Å². The molecule has 0 aliphatic rings. The molecule has 1 aromatic heterocycles. The molecular weight excluding hydrogens is 248 g/mol. The zero-order valence-electron chi connectivity index (χ0n) is 10.6. The summed E-state index contributed by atoms with van der Waals surface area (Å²) in [6.45, 7) is 1.89. The number of aryl methyl sites for hydroxylation is 2. The van der Waals surface area contributed by atoms with Gasteiger partial charge in [-0.15, -0.1) is 0 Å². The maximum Gasteiger partial charge on any atom is 0.0846 e. The standard InChI is InChI=1S/C14H17ClN2O/c1-10-14(15)12(17(2)16-10)8-9-13(18)11-6-4-3-5-7-11/h3-7,13,18H,8-9H2,1-2H3. The number of rotatable bonds is 4. The van der Waals surface area contributed by atoms with E-state index in [1.165, 1.54) is 0 Å². The van der Waals surface area contributed by atoms with E-state index in [0.717, 1.165) is 17.0 Å². The minimum Gasteiger partial charge on any atom is -0.388 e. The van der Waals surface area contributed by atoms with E-state index in [0.29, 0.717) is 17.9 Å². The van der Waals surface area contributed by atoms with Crippen LogP contribution in [0.1, 0.15) is 29.5 Å². The Balaban J connectivity index is 2.04. The summed E-state index contributed by atoms with van der Waals surface area (Å²) in [5.74, 6) is 0. The smallest absolute Gasteiger partial charge is 0.0846 e. The molecule has 0 spiro atoms. The molecule has 0 saturated carbocycles. The largest absolute Gasteiger partial charge is 0.388 e. The van der Waals surface area contributed by atoms with Crippen molar-refractivity contribution in [2.24, 2.45) is 7.05 Å². The van der Waals surface area contributed by atoms with Gasteiger partial charge in [0.15, 0.2) is 0 Å². The molecule has 1 aromatic carbocycles. The molecule has 1 N–H and O–H groups in total. The molecule has 0 fully saturated rings. The zero-order valence-corrected chi connectivity index (χ0v) is 11.4. The van der Waals surface area contributed by atoms with Crippen molar-refractivity contribution in [1.82, 2.24) is 9.78 Å². The van der Waals surface area contributed by atoms with Gasteiger partial charge in [0.25, 0.3) is 0 Å². The Kier molecular flexibility index (Phi) is 4.04. The highest BCUT2D eigenvalue weighted by Crippen LogP contribution is 2.24. The molecule has 0 bridgehead atoms. The number of aromatic nitrogens is 2. The van der Waals surface area contributed by atoms with Gasteiger partial charge in [-0.3, -0.25) is 4.68 Å². The van der Waals surface area contributed by atoms with Gasteiger partial charge in [0, 0.05) is 7.05 Å². The first kappa shape index (κ1) is 13.1. The predicted octanol–water partition coefficient (Wildman–Crippen LogP) is 3.05. The van der Waals surface area contributed by atoms with Gasteiger partial charge in [-0.05, 0) is 25.3 Å². The molecule has 0 aliphatic carbocycles. The number of hydrogen-bond donors (Lipinski definition) is 1. The van der Waals surface area contributed by atoms with Crippen LogP contribution in [0.15, 0.2) is 30.3 Å². The van der Waals surface area contributed by atoms with E-state index in [1.54, 1.807) is 4.68 Å². The highest BCUT2D eigenvalue weighted by atomic mass is 35.5. The number of nitrogens with zero attached hydrogens (tertiary/aromatic N) is 2. The van der Waals surface area contributed by atoms with Crippen molar-refractivity contribution >= 4 is 11.6 Å². The first-order chi connectivity index (χ1) is 8.59. The molecule has 3 nitrogen and oxygen atoms in total. The Morgan fingerprint density at radius 3 is 2.56 bits per heavy atom. The van der Waals surface area contributed by atoms with E-state index < -0.39 is 6.10 Å². The van der Waals surface area contributed by atoms with Crippen molar-refractivity contribution < 1.29 is 5.11 Å². The highest BCUT2D eigenvalue weighted by Gasteiger charge is 2.13. The summed E-state index contributed by atoms with van der Waals surface area (Å²) in [5.41, 5.74) is 2.75. The van der Waals surface area contributed by atoms with Crippen molar-refractivity contribution in [2.75, 3.05) is 0 Å². The first-order valence-corrected chi connectivity index (χ1v) is 6.38. The van der Waals surface area contributed by atoms with Crippen molar-refractivity contribution in [3.05, 3.63) is 52.3 Å². The molecule has 2 aromatic rings. The van der Waals surface area contributed by atoms with Gasteiger partial charge >= 0.3 is 0 Å². The lowest BCUT2D eigenvalue weighted by molar-refractivity contribution is 0.167. The minimum absolute atomic E-state index is 0.461. The van der Waals surface area contributed by atoms with E-state index in [4.69, 9.17) is 11.6 Å². The fraction of sp³-hybridized carbons (Fsp3) is 0.357. The van der Waals surface area contributed by atoms with Crippen LogP contribution in [-0.2, 0) is 13.5 Å². The van der Waals surface area contributed by atoms with Gasteiger partial charge in [0.2, 0.25) is 0 Å². The number of aliphatic hydroxyl groups excluding tert-OH is 1. The third-order valence-corrected chi connectivity index (χ3v) is 3.59. The second-order valence-electron chi connectivity index (χ2n) is 4.43. The minimum atomic E-state index is -0.461. The van der Waals surface area contributed by atoms with Crippen molar-refractivity contribution in [1.29, 1.82) is 0 Å². The van der Waals surface area contributed by atoms with Crippen LogP contribution in [0.5, 0.6) is 0 Å². The fourth-order valence-electron chi connectivity index (χ4n) is 2.07. The Morgan fingerprint density at radius 2 is 2.00 bits per heavy atom. The Morgan fingerprint density at radius 1 is 1.33 bits per heavy atom. The molecule has 18 heavy (non-hydrogen) atoms. The molecular formula is C14H17ClN2O. The van der Waals surface area contributed by atoms with E-state index in [1.807, 2.05) is 44.3 Å². The first-order valence-electron chi connectivity index (χ1n) is 6.00. The normalized spacial score (nSPS) is 12.7. The molecule has 1 heterocycles. The van der Waals surface area contributed by atoms with E-state index in [9.17, 15) is 5.11 Å². The van der Waals surface area contributed by atoms with Crippen LogP contribution in [0.3, 0.4) is 0 Å². The Labute approximate surface area is 112 Å². The van der Waals surface area contributed by atoms with Gasteiger partial charge in [-0.1, -0.05) is 41.9 Å².